The van der Waals surface area contributed by atoms with E-state index in [0.717, 1.165) is 5.56 Å². The number of hydrogen-bond acceptors (Lipinski definition) is 2. The van der Waals surface area contributed by atoms with Gasteiger partial charge in [-0.15, -0.1) is 0 Å². The topological polar surface area (TPSA) is 32.3 Å². The summed E-state index contributed by atoms with van der Waals surface area (Å²) in [7, 11) is 0. The Kier molecular flexibility index (Phi) is 3.95. The minimum Gasteiger partial charge on any atom is -0.508 e. The first-order chi connectivity index (χ1) is 8.09. The van der Waals surface area contributed by atoms with Crippen molar-refractivity contribution in [2.45, 2.75) is 51.1 Å². The number of halogens is 1. The molecule has 94 valence electrons. The van der Waals surface area contributed by atoms with Crippen LogP contribution in [-0.4, -0.2) is 10.6 Å². The van der Waals surface area contributed by atoms with Gasteiger partial charge in [0.05, 0.1) is 0 Å². The molecular formula is C14H20ClNO. The fraction of sp³-hybridized carbons (Fsp3) is 0.571. The molecule has 0 radical (unpaired) electrons. The van der Waals surface area contributed by atoms with Crippen LogP contribution in [0.1, 0.15) is 44.6 Å². The highest BCUT2D eigenvalue weighted by molar-refractivity contribution is 6.30. The zero-order chi connectivity index (χ0) is 12.3. The number of phenols is 1. The van der Waals surface area contributed by atoms with Crippen molar-refractivity contribution in [2.75, 3.05) is 0 Å². The molecule has 0 saturated heterocycles. The van der Waals surface area contributed by atoms with E-state index in [1.807, 2.05) is 6.07 Å². The Bertz CT molecular complexity index is 386. The van der Waals surface area contributed by atoms with Gasteiger partial charge < -0.3 is 10.4 Å². The van der Waals surface area contributed by atoms with Crippen molar-refractivity contribution in [1.82, 2.24) is 5.32 Å². The third kappa shape index (κ3) is 3.36. The Balaban J connectivity index is 1.99. The Morgan fingerprint density at radius 1 is 1.29 bits per heavy atom. The molecule has 0 aromatic heterocycles. The zero-order valence-electron chi connectivity index (χ0n) is 10.3. The van der Waals surface area contributed by atoms with Crippen LogP contribution in [0.25, 0.3) is 0 Å². The number of nitrogens with one attached hydrogen (secondary N) is 1. The van der Waals surface area contributed by atoms with Crippen molar-refractivity contribution in [3.8, 4) is 5.75 Å². The molecule has 0 atom stereocenters. The van der Waals surface area contributed by atoms with Crippen molar-refractivity contribution in [1.29, 1.82) is 0 Å². The van der Waals surface area contributed by atoms with Gasteiger partial charge in [-0.25, -0.2) is 0 Å². The van der Waals surface area contributed by atoms with E-state index in [0.29, 0.717) is 17.3 Å². The maximum atomic E-state index is 9.75. The van der Waals surface area contributed by atoms with E-state index in [2.05, 4.69) is 12.2 Å². The van der Waals surface area contributed by atoms with E-state index < -0.39 is 0 Å². The molecule has 0 unspecified atom stereocenters. The maximum absolute atomic E-state index is 9.75. The Morgan fingerprint density at radius 2 is 2.00 bits per heavy atom. The summed E-state index contributed by atoms with van der Waals surface area (Å²) in [5.41, 5.74) is 1.09. The summed E-state index contributed by atoms with van der Waals surface area (Å²) in [5, 5.41) is 14.0. The third-order valence-corrected chi connectivity index (χ3v) is 3.94. The number of aromatic hydroxyl groups is 1. The first-order valence-electron chi connectivity index (χ1n) is 6.31. The van der Waals surface area contributed by atoms with Gasteiger partial charge in [-0.3, -0.25) is 0 Å². The van der Waals surface area contributed by atoms with Crippen LogP contribution in [0.3, 0.4) is 0 Å². The van der Waals surface area contributed by atoms with E-state index in [4.69, 9.17) is 11.6 Å². The zero-order valence-corrected chi connectivity index (χ0v) is 11.1. The van der Waals surface area contributed by atoms with E-state index in [-0.39, 0.29) is 5.54 Å². The number of benzene rings is 1. The van der Waals surface area contributed by atoms with Crippen molar-refractivity contribution in [2.24, 2.45) is 0 Å². The smallest absolute Gasteiger partial charge is 0.120 e. The molecule has 0 spiro atoms. The van der Waals surface area contributed by atoms with Gasteiger partial charge in [0.1, 0.15) is 5.75 Å². The van der Waals surface area contributed by atoms with E-state index in [1.165, 1.54) is 32.1 Å². The molecule has 0 aliphatic heterocycles. The Labute approximate surface area is 108 Å². The molecule has 1 fully saturated rings. The van der Waals surface area contributed by atoms with Crippen LogP contribution in [0, 0.1) is 0 Å². The first-order valence-corrected chi connectivity index (χ1v) is 6.69. The summed E-state index contributed by atoms with van der Waals surface area (Å²) in [6.07, 6.45) is 6.37. The van der Waals surface area contributed by atoms with Crippen LogP contribution in [0.2, 0.25) is 5.02 Å². The molecule has 1 aliphatic rings. The lowest BCUT2D eigenvalue weighted by atomic mass is 9.83. The molecule has 1 aromatic rings. The molecule has 1 saturated carbocycles. The SMILES string of the molecule is CC1(NCc2cc(Cl)ccc2O)CCCCC1. The van der Waals surface area contributed by atoms with Crippen LogP contribution in [0.15, 0.2) is 18.2 Å². The van der Waals surface area contributed by atoms with E-state index in [1.54, 1.807) is 12.1 Å². The van der Waals surface area contributed by atoms with Crippen LogP contribution in [0.5, 0.6) is 5.75 Å². The average molecular weight is 254 g/mol. The minimum absolute atomic E-state index is 0.215. The molecular weight excluding hydrogens is 234 g/mol. The normalized spacial score (nSPS) is 19.2. The predicted molar refractivity (Wildman–Crippen MR) is 71.4 cm³/mol. The fourth-order valence-corrected chi connectivity index (χ4v) is 2.71. The van der Waals surface area contributed by atoms with Gasteiger partial charge in [-0.2, -0.15) is 0 Å². The van der Waals surface area contributed by atoms with Crippen molar-refractivity contribution in [3.63, 3.8) is 0 Å². The Hall–Kier alpha value is -0.730. The standard InChI is InChI=1S/C14H20ClNO/c1-14(7-3-2-4-8-14)16-10-11-9-12(15)5-6-13(11)17/h5-6,9,16-17H,2-4,7-8,10H2,1H3. The lowest BCUT2D eigenvalue weighted by Crippen LogP contribution is -2.43. The molecule has 2 rings (SSSR count). The summed E-state index contributed by atoms with van der Waals surface area (Å²) in [6.45, 7) is 2.96. The quantitative estimate of drug-likeness (QED) is 0.858. The highest BCUT2D eigenvalue weighted by Crippen LogP contribution is 2.29. The van der Waals surface area contributed by atoms with Gasteiger partial charge >= 0.3 is 0 Å². The molecule has 17 heavy (non-hydrogen) atoms. The van der Waals surface area contributed by atoms with Crippen LogP contribution < -0.4 is 5.32 Å². The average Bonchev–Trinajstić information content (AvgIpc) is 2.31. The summed E-state index contributed by atoms with van der Waals surface area (Å²) < 4.78 is 0. The van der Waals surface area contributed by atoms with Gasteiger partial charge in [-0.05, 0) is 38.0 Å². The summed E-state index contributed by atoms with van der Waals surface area (Å²) in [6, 6.07) is 5.20. The van der Waals surface area contributed by atoms with Crippen LogP contribution in [0.4, 0.5) is 0 Å². The number of hydrogen-bond donors (Lipinski definition) is 2. The monoisotopic (exact) mass is 253 g/mol. The molecule has 0 heterocycles. The molecule has 1 aliphatic carbocycles. The largest absolute Gasteiger partial charge is 0.508 e. The highest BCUT2D eigenvalue weighted by Gasteiger charge is 2.25. The number of phenolic OH excluding ortho intramolecular Hbond substituents is 1. The van der Waals surface area contributed by atoms with Gasteiger partial charge in [0.15, 0.2) is 0 Å². The lowest BCUT2D eigenvalue weighted by Gasteiger charge is -2.35. The van der Waals surface area contributed by atoms with Gasteiger partial charge in [0.2, 0.25) is 0 Å². The van der Waals surface area contributed by atoms with Gasteiger partial charge in [0.25, 0.3) is 0 Å². The Morgan fingerprint density at radius 3 is 2.71 bits per heavy atom. The molecule has 3 heteroatoms. The van der Waals surface area contributed by atoms with Crippen LogP contribution in [-0.2, 0) is 6.54 Å². The second-order valence-electron chi connectivity index (χ2n) is 5.25. The molecule has 2 N–H and O–H groups in total. The predicted octanol–water partition coefficient (Wildman–Crippen LogP) is 3.86. The summed E-state index contributed by atoms with van der Waals surface area (Å²) in [4.78, 5) is 0. The van der Waals surface area contributed by atoms with E-state index >= 15 is 0 Å². The molecule has 0 amide bonds. The van der Waals surface area contributed by atoms with E-state index in [9.17, 15) is 5.11 Å². The summed E-state index contributed by atoms with van der Waals surface area (Å²) in [5.74, 6) is 0.321. The van der Waals surface area contributed by atoms with Gasteiger partial charge in [-0.1, -0.05) is 30.9 Å². The molecule has 1 aromatic carbocycles. The number of rotatable bonds is 3. The second-order valence-corrected chi connectivity index (χ2v) is 5.68. The maximum Gasteiger partial charge on any atom is 0.120 e. The molecule has 0 bridgehead atoms. The first kappa shape index (κ1) is 12.7. The van der Waals surface area contributed by atoms with Crippen molar-refractivity contribution in [3.05, 3.63) is 28.8 Å². The van der Waals surface area contributed by atoms with Crippen molar-refractivity contribution < 1.29 is 5.11 Å². The highest BCUT2D eigenvalue weighted by atomic mass is 35.5. The van der Waals surface area contributed by atoms with Crippen molar-refractivity contribution >= 4 is 11.6 Å². The lowest BCUT2D eigenvalue weighted by molar-refractivity contribution is 0.251. The van der Waals surface area contributed by atoms with Gasteiger partial charge in [0, 0.05) is 22.7 Å². The van der Waals surface area contributed by atoms with Crippen LogP contribution >= 0.6 is 11.6 Å². The minimum atomic E-state index is 0.215. The summed E-state index contributed by atoms with van der Waals surface area (Å²) >= 11 is 5.93. The second kappa shape index (κ2) is 5.28. The molecule has 2 nitrogen and oxygen atoms in total. The third-order valence-electron chi connectivity index (χ3n) is 3.70. The fourth-order valence-electron chi connectivity index (χ4n) is 2.51.